The van der Waals surface area contributed by atoms with Crippen molar-refractivity contribution < 1.29 is 37.4 Å². The molecule has 0 aliphatic carbocycles. The molecule has 0 spiro atoms. The fourth-order valence-corrected chi connectivity index (χ4v) is 8.63. The number of aryl methyl sites for hydroxylation is 2. The Hall–Kier alpha value is -4.68. The van der Waals surface area contributed by atoms with Gasteiger partial charge in [0.15, 0.2) is 0 Å². The molecule has 1 heterocycles. The summed E-state index contributed by atoms with van der Waals surface area (Å²) in [6, 6.07) is 23.0. The van der Waals surface area contributed by atoms with Crippen LogP contribution in [0, 0.1) is 25.5 Å². The quantitative estimate of drug-likeness (QED) is 0.0399. The van der Waals surface area contributed by atoms with E-state index in [-0.39, 0.29) is 40.0 Å². The van der Waals surface area contributed by atoms with Crippen molar-refractivity contribution in [3.63, 3.8) is 0 Å². The van der Waals surface area contributed by atoms with Gasteiger partial charge in [-0.2, -0.15) is 0 Å². The predicted molar refractivity (Wildman–Crippen MR) is 216 cm³/mol. The molecule has 0 radical (unpaired) electrons. The number of halogens is 2. The number of benzene rings is 4. The van der Waals surface area contributed by atoms with E-state index >= 15 is 0 Å². The first-order valence-electron chi connectivity index (χ1n) is 18.4. The molecule has 1 amide bonds. The van der Waals surface area contributed by atoms with Gasteiger partial charge in [-0.1, -0.05) is 49.9 Å². The van der Waals surface area contributed by atoms with Gasteiger partial charge in [-0.3, -0.25) is 9.69 Å². The maximum Gasteiger partial charge on any atom is 0.338 e. The number of ether oxygens (including phenoxy) is 2. The van der Waals surface area contributed by atoms with E-state index in [1.54, 1.807) is 59.5 Å². The molecule has 0 bridgehead atoms. The first kappa shape index (κ1) is 41.5. The molecule has 2 unspecified atom stereocenters. The minimum absolute atomic E-state index is 0.0389. The highest BCUT2D eigenvalue weighted by molar-refractivity contribution is 8.00. The monoisotopic (exact) mass is 788 g/mol. The van der Waals surface area contributed by atoms with Crippen LogP contribution in [-0.4, -0.2) is 55.9 Å². The van der Waals surface area contributed by atoms with Gasteiger partial charge in [-0.15, -0.1) is 23.5 Å². The van der Waals surface area contributed by atoms with Crippen LogP contribution in [-0.2, 0) is 19.1 Å². The number of rotatable bonds is 19. The second-order valence-electron chi connectivity index (χ2n) is 13.4. The number of nitrogens with zero attached hydrogens (tertiary/aromatic N) is 2. The van der Waals surface area contributed by atoms with Crippen molar-refractivity contribution in [3.8, 4) is 0 Å². The second-order valence-corrected chi connectivity index (χ2v) is 15.6. The molecule has 1 fully saturated rings. The van der Waals surface area contributed by atoms with Crippen molar-refractivity contribution in [3.05, 3.63) is 130 Å². The lowest BCUT2D eigenvalue weighted by molar-refractivity contribution is -0.115. The summed E-state index contributed by atoms with van der Waals surface area (Å²) in [7, 11) is 1.91. The van der Waals surface area contributed by atoms with Crippen LogP contribution in [0.25, 0.3) is 0 Å². The Labute approximate surface area is 330 Å². The number of aldehydes is 1. The van der Waals surface area contributed by atoms with Crippen molar-refractivity contribution in [1.29, 1.82) is 0 Å². The van der Waals surface area contributed by atoms with E-state index in [1.807, 2.05) is 31.9 Å². The zero-order valence-electron chi connectivity index (χ0n) is 31.3. The second kappa shape index (κ2) is 20.3. The molecule has 0 aromatic heterocycles. The molecule has 0 saturated carbocycles. The van der Waals surface area contributed by atoms with Crippen LogP contribution in [0.15, 0.2) is 84.9 Å². The molecule has 1 aliphatic rings. The van der Waals surface area contributed by atoms with E-state index in [0.29, 0.717) is 35.8 Å². The average molecular weight is 789 g/mol. The van der Waals surface area contributed by atoms with E-state index in [0.717, 1.165) is 72.8 Å². The number of unbranched alkanes of at least 4 members (excludes halogenated alkanes) is 5. The Morgan fingerprint density at radius 1 is 0.818 bits per heavy atom. The SMILES string of the molecule is Cc1cc(C(=O)OCCCCCCCCOC(=O)c2ccc(N3C(=O)CSC3c3ccc(F)cc3)c(C)c2)ccc1N(C)C(SCC=O)c1ccc(F)cc1. The number of hydrogen-bond acceptors (Lipinski definition) is 9. The van der Waals surface area contributed by atoms with Crippen LogP contribution < -0.4 is 9.80 Å². The number of esters is 2. The van der Waals surface area contributed by atoms with E-state index in [1.165, 1.54) is 47.8 Å². The van der Waals surface area contributed by atoms with E-state index in [4.69, 9.17) is 9.47 Å². The van der Waals surface area contributed by atoms with Crippen LogP contribution in [0.3, 0.4) is 0 Å². The highest BCUT2D eigenvalue weighted by Gasteiger charge is 2.35. The molecular weight excluding hydrogens is 743 g/mol. The molecule has 4 aromatic carbocycles. The average Bonchev–Trinajstić information content (AvgIpc) is 3.56. The van der Waals surface area contributed by atoms with Crippen molar-refractivity contribution in [1.82, 2.24) is 0 Å². The third-order valence-corrected chi connectivity index (χ3v) is 11.8. The lowest BCUT2D eigenvalue weighted by Gasteiger charge is -2.31. The normalized spacial score (nSPS) is 14.5. The number of amides is 1. The number of carbonyl (C=O) groups excluding carboxylic acids is 4. The third-order valence-electron chi connectivity index (χ3n) is 9.36. The Morgan fingerprint density at radius 2 is 1.36 bits per heavy atom. The maximum absolute atomic E-state index is 13.5. The molecule has 5 rings (SSSR count). The highest BCUT2D eigenvalue weighted by atomic mass is 32.2. The lowest BCUT2D eigenvalue weighted by atomic mass is 10.1. The molecule has 8 nitrogen and oxygen atoms in total. The van der Waals surface area contributed by atoms with Crippen LogP contribution >= 0.6 is 23.5 Å². The Morgan fingerprint density at radius 3 is 1.93 bits per heavy atom. The first-order chi connectivity index (χ1) is 26.6. The van der Waals surface area contributed by atoms with Crippen LogP contribution in [0.5, 0.6) is 0 Å². The molecule has 2 atom stereocenters. The standard InChI is InChI=1S/C43H46F2N2O6S2/c1-29-26-33(14-20-37(29)46(3)40(54-25-22-48)31-10-16-35(44)17-11-31)42(50)52-23-8-6-4-5-7-9-24-53-43(51)34-15-21-38(30(2)27-34)47-39(49)28-55-41(47)32-12-18-36(45)19-13-32/h10-22,26-27,40-41H,4-9,23-25,28H2,1-3H3. The van der Waals surface area contributed by atoms with E-state index in [9.17, 15) is 28.0 Å². The van der Waals surface area contributed by atoms with Gasteiger partial charge in [0.2, 0.25) is 5.91 Å². The largest absolute Gasteiger partial charge is 0.462 e. The summed E-state index contributed by atoms with van der Waals surface area (Å²) in [5.41, 5.74) is 5.85. The summed E-state index contributed by atoms with van der Waals surface area (Å²) in [6.45, 7) is 4.40. The molecular formula is C43H46F2N2O6S2. The Bertz CT molecular complexity index is 1940. The van der Waals surface area contributed by atoms with E-state index < -0.39 is 5.97 Å². The van der Waals surface area contributed by atoms with Gasteiger partial charge in [-0.05, 0) is 110 Å². The van der Waals surface area contributed by atoms with Gasteiger partial charge < -0.3 is 19.2 Å². The number of carbonyl (C=O) groups is 4. The van der Waals surface area contributed by atoms with Gasteiger partial charge in [0, 0.05) is 18.4 Å². The van der Waals surface area contributed by atoms with Gasteiger partial charge >= 0.3 is 11.9 Å². The van der Waals surface area contributed by atoms with Gasteiger partial charge in [0.1, 0.15) is 28.7 Å². The van der Waals surface area contributed by atoms with Crippen LogP contribution in [0.4, 0.5) is 20.2 Å². The number of anilines is 2. The molecule has 1 saturated heterocycles. The minimum Gasteiger partial charge on any atom is -0.462 e. The number of hydrogen-bond donors (Lipinski definition) is 0. The summed E-state index contributed by atoms with van der Waals surface area (Å²) in [5.74, 6) is -0.876. The molecule has 0 N–H and O–H groups in total. The first-order valence-corrected chi connectivity index (χ1v) is 20.5. The molecule has 4 aromatic rings. The fourth-order valence-electron chi connectivity index (χ4n) is 6.51. The lowest BCUT2D eigenvalue weighted by Crippen LogP contribution is -2.28. The molecule has 290 valence electrons. The minimum atomic E-state index is -0.409. The zero-order chi connectivity index (χ0) is 39.3. The smallest absolute Gasteiger partial charge is 0.338 e. The number of thioether (sulfide) groups is 2. The topological polar surface area (TPSA) is 93.2 Å². The summed E-state index contributed by atoms with van der Waals surface area (Å²) in [4.78, 5) is 53.2. The van der Waals surface area contributed by atoms with Crippen LogP contribution in [0.2, 0.25) is 0 Å². The van der Waals surface area contributed by atoms with Gasteiger partial charge in [0.25, 0.3) is 0 Å². The Balaban J connectivity index is 0.979. The highest BCUT2D eigenvalue weighted by Crippen LogP contribution is 2.43. The van der Waals surface area contributed by atoms with Crippen molar-refractivity contribution in [2.45, 2.75) is 63.1 Å². The predicted octanol–water partition coefficient (Wildman–Crippen LogP) is 9.78. The summed E-state index contributed by atoms with van der Waals surface area (Å²) in [5, 5.41) is -0.484. The van der Waals surface area contributed by atoms with Crippen molar-refractivity contribution >= 4 is 59.0 Å². The van der Waals surface area contributed by atoms with Crippen molar-refractivity contribution in [2.24, 2.45) is 0 Å². The maximum atomic E-state index is 13.5. The fraction of sp³-hybridized carbons (Fsp3) is 0.349. The van der Waals surface area contributed by atoms with E-state index in [2.05, 4.69) is 0 Å². The van der Waals surface area contributed by atoms with Gasteiger partial charge in [0.05, 0.1) is 35.8 Å². The van der Waals surface area contributed by atoms with Crippen LogP contribution in [0.1, 0.15) is 92.2 Å². The summed E-state index contributed by atoms with van der Waals surface area (Å²) < 4.78 is 38.1. The molecule has 1 aliphatic heterocycles. The molecule has 12 heteroatoms. The molecule has 55 heavy (non-hydrogen) atoms. The summed E-state index contributed by atoms with van der Waals surface area (Å²) in [6.07, 6.45) is 6.08. The Kier molecular flexibility index (Phi) is 15.3. The summed E-state index contributed by atoms with van der Waals surface area (Å²) >= 11 is 2.92. The van der Waals surface area contributed by atoms with Crippen molar-refractivity contribution in [2.75, 3.05) is 41.6 Å². The van der Waals surface area contributed by atoms with Gasteiger partial charge in [-0.25, -0.2) is 18.4 Å². The third kappa shape index (κ3) is 11.2. The zero-order valence-corrected chi connectivity index (χ0v) is 32.9.